The van der Waals surface area contributed by atoms with E-state index in [4.69, 9.17) is 22.1 Å². The average molecular weight is 298 g/mol. The van der Waals surface area contributed by atoms with Crippen molar-refractivity contribution in [2.45, 2.75) is 19.3 Å². The molecule has 0 spiro atoms. The van der Waals surface area contributed by atoms with Gasteiger partial charge in [-0.05, 0) is 24.3 Å². The fourth-order valence-electron chi connectivity index (χ4n) is 1.43. The van der Waals surface area contributed by atoms with E-state index in [0.717, 1.165) is 0 Å². The summed E-state index contributed by atoms with van der Waals surface area (Å²) in [6, 6.07) is 6.56. The molecule has 1 aromatic rings. The molecule has 0 aromatic heterocycles. The Morgan fingerprint density at radius 3 is 2.20 bits per heavy atom. The number of ether oxygens (including phenoxy) is 1. The summed E-state index contributed by atoms with van der Waals surface area (Å²) < 4.78 is 5.22. The van der Waals surface area contributed by atoms with E-state index >= 15 is 0 Å². The number of carbonyl (C=O) groups is 3. The van der Waals surface area contributed by atoms with Crippen molar-refractivity contribution >= 4 is 29.0 Å². The van der Waals surface area contributed by atoms with Crippen LogP contribution in [0.15, 0.2) is 24.3 Å². The van der Waals surface area contributed by atoms with Crippen molar-refractivity contribution in [1.82, 2.24) is 0 Å². The first-order valence-corrected chi connectivity index (χ1v) is 6.52. The standard InChI is InChI=1S/C14H16ClNO4/c15-10-1-5-14(6-2-10)20-9-13(19)7-11(17)3-4-12(18)8-16/h1-2,5-6H,3-4,7-9,16H2. The van der Waals surface area contributed by atoms with Crippen molar-refractivity contribution in [3.05, 3.63) is 29.3 Å². The topological polar surface area (TPSA) is 86.5 Å². The zero-order chi connectivity index (χ0) is 15.0. The second-order valence-electron chi connectivity index (χ2n) is 4.24. The average Bonchev–Trinajstić information content (AvgIpc) is 2.44. The van der Waals surface area contributed by atoms with Crippen molar-refractivity contribution < 1.29 is 19.1 Å². The highest BCUT2D eigenvalue weighted by Gasteiger charge is 2.12. The summed E-state index contributed by atoms with van der Waals surface area (Å²) in [4.78, 5) is 33.9. The Labute approximate surface area is 122 Å². The number of nitrogens with two attached hydrogens (primary N) is 1. The molecule has 0 bridgehead atoms. The molecule has 1 aromatic carbocycles. The lowest BCUT2D eigenvalue weighted by Gasteiger charge is -2.05. The second kappa shape index (κ2) is 8.45. The first-order valence-electron chi connectivity index (χ1n) is 6.15. The van der Waals surface area contributed by atoms with Crippen molar-refractivity contribution in [2.75, 3.05) is 13.2 Å². The van der Waals surface area contributed by atoms with Gasteiger partial charge in [-0.15, -0.1) is 0 Å². The highest BCUT2D eigenvalue weighted by Crippen LogP contribution is 2.15. The van der Waals surface area contributed by atoms with Gasteiger partial charge in [-0.1, -0.05) is 11.6 Å². The smallest absolute Gasteiger partial charge is 0.177 e. The Balaban J connectivity index is 2.27. The molecule has 5 nitrogen and oxygen atoms in total. The molecule has 108 valence electrons. The van der Waals surface area contributed by atoms with Crippen molar-refractivity contribution in [1.29, 1.82) is 0 Å². The fourth-order valence-corrected chi connectivity index (χ4v) is 1.56. The first kappa shape index (κ1) is 16.3. The van der Waals surface area contributed by atoms with Crippen LogP contribution in [0.25, 0.3) is 0 Å². The van der Waals surface area contributed by atoms with E-state index in [1.165, 1.54) is 0 Å². The molecule has 0 saturated heterocycles. The maximum atomic E-state index is 11.5. The van der Waals surface area contributed by atoms with Crippen molar-refractivity contribution in [2.24, 2.45) is 5.73 Å². The van der Waals surface area contributed by atoms with Crippen LogP contribution in [0, 0.1) is 0 Å². The Morgan fingerprint density at radius 2 is 1.60 bits per heavy atom. The van der Waals surface area contributed by atoms with Crippen LogP contribution in [-0.4, -0.2) is 30.5 Å². The Kier molecular flexibility index (Phi) is 6.90. The normalized spacial score (nSPS) is 10.1. The van der Waals surface area contributed by atoms with E-state index in [0.29, 0.717) is 10.8 Å². The zero-order valence-corrected chi connectivity index (χ0v) is 11.7. The molecule has 0 amide bonds. The summed E-state index contributed by atoms with van der Waals surface area (Å²) in [5.74, 6) is -0.293. The van der Waals surface area contributed by atoms with Gasteiger partial charge in [-0.25, -0.2) is 0 Å². The zero-order valence-electron chi connectivity index (χ0n) is 10.9. The molecule has 0 aliphatic carbocycles. The SMILES string of the molecule is NCC(=O)CCC(=O)CC(=O)COc1ccc(Cl)cc1. The Morgan fingerprint density at radius 1 is 1.00 bits per heavy atom. The van der Waals surface area contributed by atoms with Crippen LogP contribution >= 0.6 is 11.6 Å². The minimum absolute atomic E-state index is 0.0444. The van der Waals surface area contributed by atoms with E-state index in [1.54, 1.807) is 24.3 Å². The van der Waals surface area contributed by atoms with Crippen LogP contribution in [0.3, 0.4) is 0 Å². The summed E-state index contributed by atoms with van der Waals surface area (Å²) in [5, 5.41) is 0.573. The number of ketones is 3. The Bertz CT molecular complexity index is 484. The van der Waals surface area contributed by atoms with Gasteiger partial charge < -0.3 is 10.5 Å². The number of carbonyl (C=O) groups excluding carboxylic acids is 3. The molecular formula is C14H16ClNO4. The molecule has 0 radical (unpaired) electrons. The van der Waals surface area contributed by atoms with E-state index < -0.39 is 0 Å². The molecule has 0 atom stereocenters. The third-order valence-corrected chi connectivity index (χ3v) is 2.77. The molecule has 0 unspecified atom stereocenters. The fraction of sp³-hybridized carbons (Fsp3) is 0.357. The van der Waals surface area contributed by atoms with Gasteiger partial charge in [-0.2, -0.15) is 0 Å². The van der Waals surface area contributed by atoms with Crippen molar-refractivity contribution in [3.8, 4) is 5.75 Å². The lowest BCUT2D eigenvalue weighted by molar-refractivity contribution is -0.129. The number of rotatable bonds is 9. The van der Waals surface area contributed by atoms with Gasteiger partial charge in [-0.3, -0.25) is 14.4 Å². The maximum Gasteiger partial charge on any atom is 0.177 e. The molecule has 1 rings (SSSR count). The molecule has 0 fully saturated rings. The summed E-state index contributed by atoms with van der Waals surface area (Å²) in [6.07, 6.45) is -0.102. The van der Waals surface area contributed by atoms with Crippen LogP contribution in [0.2, 0.25) is 5.02 Å². The quantitative estimate of drug-likeness (QED) is 0.699. The van der Waals surface area contributed by atoms with Gasteiger partial charge in [0, 0.05) is 17.9 Å². The van der Waals surface area contributed by atoms with Gasteiger partial charge in [0.15, 0.2) is 5.78 Å². The van der Waals surface area contributed by atoms with Gasteiger partial charge >= 0.3 is 0 Å². The number of benzene rings is 1. The molecule has 0 aliphatic rings. The van der Waals surface area contributed by atoms with Gasteiger partial charge in [0.2, 0.25) is 0 Å². The van der Waals surface area contributed by atoms with Crippen LogP contribution in [0.4, 0.5) is 0 Å². The van der Waals surface area contributed by atoms with Crippen molar-refractivity contribution in [3.63, 3.8) is 0 Å². The predicted octanol–water partition coefficient (Wildman–Crippen LogP) is 1.56. The van der Waals surface area contributed by atoms with E-state index in [2.05, 4.69) is 0 Å². The van der Waals surface area contributed by atoms with Gasteiger partial charge in [0.1, 0.15) is 23.9 Å². The molecule has 0 heterocycles. The monoisotopic (exact) mass is 297 g/mol. The summed E-state index contributed by atoms with van der Waals surface area (Å²) in [5.41, 5.74) is 5.13. The van der Waals surface area contributed by atoms with Gasteiger partial charge in [0.25, 0.3) is 0 Å². The van der Waals surface area contributed by atoms with E-state index in [-0.39, 0.29) is 49.8 Å². The van der Waals surface area contributed by atoms with E-state index in [9.17, 15) is 14.4 Å². The van der Waals surface area contributed by atoms with Crippen LogP contribution in [0.5, 0.6) is 5.75 Å². The minimum Gasteiger partial charge on any atom is -0.486 e. The lowest BCUT2D eigenvalue weighted by atomic mass is 10.1. The molecule has 20 heavy (non-hydrogen) atoms. The highest BCUT2D eigenvalue weighted by atomic mass is 35.5. The predicted molar refractivity (Wildman–Crippen MR) is 74.9 cm³/mol. The highest BCUT2D eigenvalue weighted by molar-refractivity contribution is 6.30. The lowest BCUT2D eigenvalue weighted by Crippen LogP contribution is -2.18. The molecule has 6 heteroatoms. The number of Topliss-reactive ketones (excluding diaryl/α,β-unsaturated/α-hetero) is 3. The summed E-state index contributed by atoms with van der Waals surface area (Å²) >= 11 is 5.71. The molecule has 0 aliphatic heterocycles. The summed E-state index contributed by atoms with van der Waals surface area (Å²) in [6.45, 7) is -0.265. The summed E-state index contributed by atoms with van der Waals surface area (Å²) in [7, 11) is 0. The third kappa shape index (κ3) is 6.45. The Hall–Kier alpha value is -1.72. The van der Waals surface area contributed by atoms with Gasteiger partial charge in [0.05, 0.1) is 13.0 Å². The number of hydrogen-bond donors (Lipinski definition) is 1. The van der Waals surface area contributed by atoms with E-state index in [1.807, 2.05) is 0 Å². The third-order valence-electron chi connectivity index (χ3n) is 2.52. The van der Waals surface area contributed by atoms with Crippen LogP contribution in [-0.2, 0) is 14.4 Å². The first-order chi connectivity index (χ1) is 9.51. The molecule has 2 N–H and O–H groups in total. The maximum absolute atomic E-state index is 11.5. The largest absolute Gasteiger partial charge is 0.486 e. The number of hydrogen-bond acceptors (Lipinski definition) is 5. The minimum atomic E-state index is -0.329. The number of halogens is 1. The van der Waals surface area contributed by atoms with Crippen LogP contribution in [0.1, 0.15) is 19.3 Å². The molecule has 0 saturated carbocycles. The molecular weight excluding hydrogens is 282 g/mol. The second-order valence-corrected chi connectivity index (χ2v) is 4.68. The van der Waals surface area contributed by atoms with Crippen LogP contribution < -0.4 is 10.5 Å².